The number of benzene rings is 1. The van der Waals surface area contributed by atoms with Crippen molar-refractivity contribution in [3.63, 3.8) is 0 Å². The molecule has 0 spiro atoms. The van der Waals surface area contributed by atoms with Crippen molar-refractivity contribution in [2.45, 2.75) is 57.5 Å². The van der Waals surface area contributed by atoms with Gasteiger partial charge in [-0.25, -0.2) is 4.39 Å². The summed E-state index contributed by atoms with van der Waals surface area (Å²) in [7, 11) is 1.55. The summed E-state index contributed by atoms with van der Waals surface area (Å²) in [6.07, 6.45) is 0.768. The van der Waals surface area contributed by atoms with Crippen molar-refractivity contribution < 1.29 is 23.7 Å². The molecule has 25 heavy (non-hydrogen) atoms. The number of piperidine rings is 1. The normalized spacial score (nSPS) is 26.7. The van der Waals surface area contributed by atoms with E-state index in [0.29, 0.717) is 24.5 Å². The summed E-state index contributed by atoms with van der Waals surface area (Å²) in [5.74, 6) is 0.961. The lowest BCUT2D eigenvalue weighted by atomic mass is 9.84. The molecule has 1 fully saturated rings. The smallest absolute Gasteiger partial charge is 0.228 e. The molecule has 0 bridgehead atoms. The Morgan fingerprint density at radius 2 is 2.04 bits per heavy atom. The first-order valence-electron chi connectivity index (χ1n) is 8.82. The van der Waals surface area contributed by atoms with Crippen molar-refractivity contribution in [1.82, 2.24) is 4.90 Å². The molecule has 0 saturated carbocycles. The molecule has 140 valence electrons. The van der Waals surface area contributed by atoms with Crippen LogP contribution >= 0.6 is 0 Å². The van der Waals surface area contributed by atoms with E-state index >= 15 is 0 Å². The molecule has 0 radical (unpaired) electrons. The van der Waals surface area contributed by atoms with Crippen molar-refractivity contribution in [2.75, 3.05) is 27.1 Å². The monoisotopic (exact) mass is 353 g/mol. The van der Waals surface area contributed by atoms with E-state index in [2.05, 4.69) is 4.90 Å². The van der Waals surface area contributed by atoms with Gasteiger partial charge in [-0.2, -0.15) is 0 Å². The molecular formula is C19H28FNO4. The molecule has 0 aromatic heterocycles. The Labute approximate surface area is 148 Å². The van der Waals surface area contributed by atoms with E-state index in [9.17, 15) is 9.50 Å². The first kappa shape index (κ1) is 18.4. The molecular weight excluding hydrogens is 325 g/mol. The topological polar surface area (TPSA) is 51.2 Å². The highest BCUT2D eigenvalue weighted by atomic mass is 19.1. The Morgan fingerprint density at radius 3 is 2.68 bits per heavy atom. The molecule has 1 N–H and O–H groups in total. The lowest BCUT2D eigenvalue weighted by Crippen LogP contribution is -2.53. The van der Waals surface area contributed by atoms with Gasteiger partial charge in [0, 0.05) is 19.1 Å². The summed E-state index contributed by atoms with van der Waals surface area (Å²) >= 11 is 0. The number of hydrogen-bond donors (Lipinski definition) is 1. The van der Waals surface area contributed by atoms with Crippen LogP contribution in [0.2, 0.25) is 0 Å². The van der Waals surface area contributed by atoms with Gasteiger partial charge in [0.2, 0.25) is 6.86 Å². The molecule has 1 aromatic rings. The molecule has 5 nitrogen and oxygen atoms in total. The minimum absolute atomic E-state index is 0.117. The predicted octanol–water partition coefficient (Wildman–Crippen LogP) is 2.85. The predicted molar refractivity (Wildman–Crippen MR) is 92.9 cm³/mol. The zero-order chi connectivity index (χ0) is 18.2. The van der Waals surface area contributed by atoms with Crippen LogP contribution in [-0.4, -0.2) is 54.9 Å². The van der Waals surface area contributed by atoms with Crippen molar-refractivity contribution in [3.05, 3.63) is 23.3 Å². The highest BCUT2D eigenvalue weighted by Crippen LogP contribution is 2.42. The van der Waals surface area contributed by atoms with Gasteiger partial charge in [0.15, 0.2) is 11.5 Å². The maximum atomic E-state index is 12.6. The highest BCUT2D eigenvalue weighted by molar-refractivity contribution is 5.49. The number of methoxy groups -OCH3 is 1. The lowest BCUT2D eigenvalue weighted by Gasteiger charge is -2.46. The molecule has 3 atom stereocenters. The van der Waals surface area contributed by atoms with Crippen LogP contribution in [0.3, 0.4) is 0 Å². The number of halogens is 1. The second-order valence-electron chi connectivity index (χ2n) is 7.79. The summed E-state index contributed by atoms with van der Waals surface area (Å²) < 4.78 is 29.0. The summed E-state index contributed by atoms with van der Waals surface area (Å²) in [6.45, 7) is 6.73. The first-order valence-corrected chi connectivity index (χ1v) is 8.82. The van der Waals surface area contributed by atoms with Crippen LogP contribution in [0.1, 0.15) is 44.4 Å². The largest absolute Gasteiger partial charge is 0.493 e. The van der Waals surface area contributed by atoms with Crippen LogP contribution in [0.5, 0.6) is 11.5 Å². The van der Waals surface area contributed by atoms with E-state index in [-0.39, 0.29) is 17.7 Å². The standard InChI is InChI=1S/C19H28FNO4/c1-19(2,3)25-18-10-21-6-5-12-7-17(24-11-20)16(23-4)8-13(12)14(21)9-15(18)22/h7-8,14-15,18,22H,5-6,9-11H2,1-4H3/t14-,15-,18-/m1/s1. The van der Waals surface area contributed by atoms with Crippen LogP contribution < -0.4 is 9.47 Å². The SMILES string of the molecule is COc1cc2c(cc1OCF)CCN1C[C@@H](OC(C)(C)C)[C@H](O)C[C@H]21. The summed E-state index contributed by atoms with van der Waals surface area (Å²) in [5, 5.41) is 10.6. The molecule has 0 unspecified atom stereocenters. The number of ether oxygens (including phenoxy) is 3. The van der Waals surface area contributed by atoms with Crippen molar-refractivity contribution in [2.24, 2.45) is 0 Å². The van der Waals surface area contributed by atoms with Gasteiger partial charge in [0.05, 0.1) is 24.9 Å². The number of hydrogen-bond acceptors (Lipinski definition) is 5. The van der Waals surface area contributed by atoms with Crippen LogP contribution in [0.4, 0.5) is 4.39 Å². The first-order chi connectivity index (χ1) is 11.8. The van der Waals surface area contributed by atoms with E-state index in [1.54, 1.807) is 7.11 Å². The van der Waals surface area contributed by atoms with Gasteiger partial charge in [-0.1, -0.05) is 0 Å². The third kappa shape index (κ3) is 3.91. The molecule has 6 heteroatoms. The Bertz CT molecular complexity index is 616. The van der Waals surface area contributed by atoms with Crippen LogP contribution in [0, 0.1) is 0 Å². The number of aliphatic hydroxyl groups is 1. The molecule has 2 aliphatic heterocycles. The fourth-order valence-electron chi connectivity index (χ4n) is 3.89. The maximum absolute atomic E-state index is 12.6. The van der Waals surface area contributed by atoms with Gasteiger partial charge in [-0.3, -0.25) is 4.90 Å². The summed E-state index contributed by atoms with van der Waals surface area (Å²) in [6, 6.07) is 3.91. The number of alkyl halides is 1. The van der Waals surface area contributed by atoms with Gasteiger partial charge in [-0.05, 0) is 56.9 Å². The van der Waals surface area contributed by atoms with Crippen LogP contribution in [-0.2, 0) is 11.2 Å². The quantitative estimate of drug-likeness (QED) is 0.902. The van der Waals surface area contributed by atoms with Gasteiger partial charge < -0.3 is 19.3 Å². The molecule has 1 saturated heterocycles. The van der Waals surface area contributed by atoms with Crippen molar-refractivity contribution in [1.29, 1.82) is 0 Å². The number of rotatable bonds is 4. The highest BCUT2D eigenvalue weighted by Gasteiger charge is 2.40. The van der Waals surface area contributed by atoms with Crippen molar-refractivity contribution in [3.8, 4) is 11.5 Å². The molecule has 0 aliphatic carbocycles. The van der Waals surface area contributed by atoms with Gasteiger partial charge in [-0.15, -0.1) is 0 Å². The van der Waals surface area contributed by atoms with E-state index in [1.165, 1.54) is 0 Å². The Morgan fingerprint density at radius 1 is 1.28 bits per heavy atom. The number of nitrogens with zero attached hydrogens (tertiary/aromatic N) is 1. The zero-order valence-electron chi connectivity index (χ0n) is 15.4. The summed E-state index contributed by atoms with van der Waals surface area (Å²) in [4.78, 5) is 2.36. The van der Waals surface area contributed by atoms with Crippen molar-refractivity contribution >= 4 is 0 Å². The second kappa shape index (κ2) is 7.09. The molecule has 1 aromatic carbocycles. The fraction of sp³-hybridized carbons (Fsp3) is 0.684. The van der Waals surface area contributed by atoms with Crippen LogP contribution in [0.25, 0.3) is 0 Å². The third-order valence-corrected chi connectivity index (χ3v) is 4.92. The zero-order valence-corrected chi connectivity index (χ0v) is 15.4. The van der Waals surface area contributed by atoms with Gasteiger partial charge in [0.25, 0.3) is 0 Å². The summed E-state index contributed by atoms with van der Waals surface area (Å²) in [5.41, 5.74) is 1.98. The average molecular weight is 353 g/mol. The minimum atomic E-state index is -0.880. The average Bonchev–Trinajstić information content (AvgIpc) is 2.54. The maximum Gasteiger partial charge on any atom is 0.228 e. The molecule has 2 heterocycles. The van der Waals surface area contributed by atoms with Crippen LogP contribution in [0.15, 0.2) is 12.1 Å². The van der Waals surface area contributed by atoms with E-state index in [0.717, 1.165) is 24.1 Å². The third-order valence-electron chi connectivity index (χ3n) is 4.92. The second-order valence-corrected chi connectivity index (χ2v) is 7.79. The fourth-order valence-corrected chi connectivity index (χ4v) is 3.89. The Kier molecular flexibility index (Phi) is 5.23. The minimum Gasteiger partial charge on any atom is -0.493 e. The number of aliphatic hydroxyl groups excluding tert-OH is 1. The van der Waals surface area contributed by atoms with E-state index < -0.39 is 13.0 Å². The van der Waals surface area contributed by atoms with Gasteiger partial charge >= 0.3 is 0 Å². The van der Waals surface area contributed by atoms with Gasteiger partial charge in [0.1, 0.15) is 0 Å². The van der Waals surface area contributed by atoms with E-state index in [4.69, 9.17) is 14.2 Å². The molecule has 2 aliphatic rings. The lowest BCUT2D eigenvalue weighted by molar-refractivity contribution is -0.149. The van der Waals surface area contributed by atoms with E-state index in [1.807, 2.05) is 32.9 Å². The molecule has 3 rings (SSSR count). The number of fused-ring (bicyclic) bond motifs is 3. The molecule has 0 amide bonds. The Hall–Kier alpha value is -1.37. The Balaban J connectivity index is 1.85.